The van der Waals surface area contributed by atoms with Crippen molar-refractivity contribution in [2.24, 2.45) is 0 Å². The van der Waals surface area contributed by atoms with Crippen molar-refractivity contribution in [1.82, 2.24) is 30.2 Å². The average molecular weight is 298 g/mol. The smallest absolute Gasteiger partial charge is 0.240 e. The molecular formula is C15H18N6O. The van der Waals surface area contributed by atoms with Crippen molar-refractivity contribution in [3.05, 3.63) is 48.4 Å². The summed E-state index contributed by atoms with van der Waals surface area (Å²) in [7, 11) is 0. The van der Waals surface area contributed by atoms with Crippen LogP contribution in [0.1, 0.15) is 18.4 Å². The first-order valence-corrected chi connectivity index (χ1v) is 7.17. The van der Waals surface area contributed by atoms with Gasteiger partial charge in [-0.05, 0) is 19.4 Å². The Labute approximate surface area is 128 Å². The van der Waals surface area contributed by atoms with E-state index in [2.05, 4.69) is 32.5 Å². The minimum absolute atomic E-state index is 0.218. The number of aromatic nitrogens is 5. The third-order valence-corrected chi connectivity index (χ3v) is 3.38. The number of rotatable bonds is 6. The zero-order valence-electron chi connectivity index (χ0n) is 12.6. The minimum atomic E-state index is 0.218. The summed E-state index contributed by atoms with van der Waals surface area (Å²) in [6.45, 7) is 5.36. The molecule has 0 aliphatic heterocycles. The van der Waals surface area contributed by atoms with Gasteiger partial charge in [0.2, 0.25) is 11.7 Å². The third kappa shape index (κ3) is 3.37. The first-order chi connectivity index (χ1) is 10.7. The highest BCUT2D eigenvalue weighted by Crippen LogP contribution is 2.19. The van der Waals surface area contributed by atoms with Gasteiger partial charge in [0.25, 0.3) is 0 Å². The van der Waals surface area contributed by atoms with Crippen LogP contribution in [0.15, 0.2) is 41.4 Å². The number of hydrogen-bond donors (Lipinski definition) is 1. The fourth-order valence-electron chi connectivity index (χ4n) is 2.19. The van der Waals surface area contributed by atoms with E-state index in [1.165, 1.54) is 6.33 Å². The predicted molar refractivity (Wildman–Crippen MR) is 80.8 cm³/mol. The molecule has 7 nitrogen and oxygen atoms in total. The van der Waals surface area contributed by atoms with Gasteiger partial charge in [0, 0.05) is 11.6 Å². The molecule has 0 radical (unpaired) electrons. The van der Waals surface area contributed by atoms with E-state index in [9.17, 15) is 0 Å². The molecular weight excluding hydrogens is 280 g/mol. The second kappa shape index (κ2) is 6.48. The van der Waals surface area contributed by atoms with E-state index in [1.807, 2.05) is 31.2 Å². The van der Waals surface area contributed by atoms with Gasteiger partial charge in [-0.3, -0.25) is 4.68 Å². The van der Waals surface area contributed by atoms with Crippen LogP contribution < -0.4 is 5.32 Å². The molecule has 2 aromatic heterocycles. The zero-order valence-corrected chi connectivity index (χ0v) is 12.6. The van der Waals surface area contributed by atoms with Crippen molar-refractivity contribution in [2.45, 2.75) is 33.0 Å². The van der Waals surface area contributed by atoms with E-state index in [1.54, 1.807) is 11.0 Å². The monoisotopic (exact) mass is 298 g/mol. The number of aryl methyl sites for hydroxylation is 1. The van der Waals surface area contributed by atoms with E-state index < -0.39 is 0 Å². The van der Waals surface area contributed by atoms with Crippen LogP contribution in [0, 0.1) is 6.92 Å². The van der Waals surface area contributed by atoms with Crippen LogP contribution in [0.2, 0.25) is 0 Å². The van der Waals surface area contributed by atoms with Crippen molar-refractivity contribution < 1.29 is 4.52 Å². The van der Waals surface area contributed by atoms with Crippen molar-refractivity contribution in [3.8, 4) is 11.4 Å². The molecule has 3 aromatic rings. The lowest BCUT2D eigenvalue weighted by Gasteiger charge is -2.11. The molecule has 3 rings (SSSR count). The van der Waals surface area contributed by atoms with Crippen LogP contribution >= 0.6 is 0 Å². The second-order valence-corrected chi connectivity index (χ2v) is 5.23. The fraction of sp³-hybridized carbons (Fsp3) is 0.333. The van der Waals surface area contributed by atoms with Crippen LogP contribution in [-0.2, 0) is 13.1 Å². The summed E-state index contributed by atoms with van der Waals surface area (Å²) in [6, 6.07) is 8.20. The molecule has 0 fully saturated rings. The summed E-state index contributed by atoms with van der Waals surface area (Å²) in [5, 5.41) is 11.5. The maximum absolute atomic E-state index is 5.30. The van der Waals surface area contributed by atoms with E-state index in [0.717, 1.165) is 17.7 Å². The summed E-state index contributed by atoms with van der Waals surface area (Å²) in [6.07, 6.45) is 3.22. The Hall–Kier alpha value is -2.54. The minimum Gasteiger partial charge on any atom is -0.338 e. The SMILES string of the molecule is Cc1ccccc1-c1noc(CN[C@H](C)Cn2cncn2)n1. The van der Waals surface area contributed by atoms with Crippen LogP contribution in [0.5, 0.6) is 0 Å². The van der Waals surface area contributed by atoms with Gasteiger partial charge < -0.3 is 9.84 Å². The van der Waals surface area contributed by atoms with Crippen LogP contribution in [0.3, 0.4) is 0 Å². The Bertz CT molecular complexity index is 721. The maximum Gasteiger partial charge on any atom is 0.240 e. The molecule has 0 spiro atoms. The van der Waals surface area contributed by atoms with Crippen molar-refractivity contribution in [1.29, 1.82) is 0 Å². The highest BCUT2D eigenvalue weighted by molar-refractivity contribution is 5.58. The molecule has 0 unspecified atom stereocenters. The first kappa shape index (κ1) is 14.4. The molecule has 1 aromatic carbocycles. The van der Waals surface area contributed by atoms with Gasteiger partial charge in [0.15, 0.2) is 0 Å². The fourth-order valence-corrected chi connectivity index (χ4v) is 2.19. The normalized spacial score (nSPS) is 12.5. The Morgan fingerprint density at radius 3 is 2.95 bits per heavy atom. The van der Waals surface area contributed by atoms with Crippen LogP contribution in [-0.4, -0.2) is 30.9 Å². The Balaban J connectivity index is 1.59. The lowest BCUT2D eigenvalue weighted by molar-refractivity contribution is 0.350. The summed E-state index contributed by atoms with van der Waals surface area (Å²) >= 11 is 0. The third-order valence-electron chi connectivity index (χ3n) is 3.38. The van der Waals surface area contributed by atoms with Gasteiger partial charge in [0.1, 0.15) is 12.7 Å². The van der Waals surface area contributed by atoms with Gasteiger partial charge in [-0.15, -0.1) is 0 Å². The molecule has 0 bridgehead atoms. The molecule has 22 heavy (non-hydrogen) atoms. The van der Waals surface area contributed by atoms with Crippen molar-refractivity contribution in [3.63, 3.8) is 0 Å². The van der Waals surface area contributed by atoms with E-state index >= 15 is 0 Å². The molecule has 0 saturated carbocycles. The summed E-state index contributed by atoms with van der Waals surface area (Å²) in [5.41, 5.74) is 2.12. The van der Waals surface area contributed by atoms with E-state index in [0.29, 0.717) is 18.3 Å². The molecule has 1 atom stereocenters. The van der Waals surface area contributed by atoms with Gasteiger partial charge in [-0.25, -0.2) is 4.98 Å². The molecule has 1 N–H and O–H groups in total. The Morgan fingerprint density at radius 2 is 2.18 bits per heavy atom. The van der Waals surface area contributed by atoms with E-state index in [-0.39, 0.29) is 6.04 Å². The van der Waals surface area contributed by atoms with Crippen LogP contribution in [0.25, 0.3) is 11.4 Å². The van der Waals surface area contributed by atoms with Crippen molar-refractivity contribution in [2.75, 3.05) is 0 Å². The molecule has 2 heterocycles. The number of nitrogens with zero attached hydrogens (tertiary/aromatic N) is 5. The number of hydrogen-bond acceptors (Lipinski definition) is 6. The maximum atomic E-state index is 5.30. The summed E-state index contributed by atoms with van der Waals surface area (Å²) in [5.74, 6) is 1.20. The zero-order chi connectivity index (χ0) is 15.4. The molecule has 7 heteroatoms. The standard InChI is InChI=1S/C15H18N6O/c1-11-5-3-4-6-13(11)15-19-14(22-20-15)7-17-12(2)8-21-10-16-9-18-21/h3-6,9-10,12,17H,7-8H2,1-2H3/t12-/m1/s1. The van der Waals surface area contributed by atoms with Gasteiger partial charge in [-0.1, -0.05) is 29.4 Å². The molecule has 114 valence electrons. The quantitative estimate of drug-likeness (QED) is 0.747. The number of benzene rings is 1. The highest BCUT2D eigenvalue weighted by Gasteiger charge is 2.11. The topological polar surface area (TPSA) is 81.7 Å². The second-order valence-electron chi connectivity index (χ2n) is 5.23. The van der Waals surface area contributed by atoms with Crippen molar-refractivity contribution >= 4 is 0 Å². The first-order valence-electron chi connectivity index (χ1n) is 7.17. The Kier molecular flexibility index (Phi) is 4.24. The lowest BCUT2D eigenvalue weighted by Crippen LogP contribution is -2.30. The van der Waals surface area contributed by atoms with Gasteiger partial charge >= 0.3 is 0 Å². The molecule has 0 aliphatic carbocycles. The predicted octanol–water partition coefficient (Wildman–Crippen LogP) is 1.81. The van der Waals surface area contributed by atoms with E-state index in [4.69, 9.17) is 4.52 Å². The molecule has 0 saturated heterocycles. The molecule has 0 amide bonds. The highest BCUT2D eigenvalue weighted by atomic mass is 16.5. The van der Waals surface area contributed by atoms with Crippen LogP contribution in [0.4, 0.5) is 0 Å². The van der Waals surface area contributed by atoms with Gasteiger partial charge in [0.05, 0.1) is 13.1 Å². The summed E-state index contributed by atoms with van der Waals surface area (Å²) < 4.78 is 7.08. The summed E-state index contributed by atoms with van der Waals surface area (Å²) in [4.78, 5) is 8.36. The largest absolute Gasteiger partial charge is 0.338 e. The lowest BCUT2D eigenvalue weighted by atomic mass is 10.1. The van der Waals surface area contributed by atoms with Gasteiger partial charge in [-0.2, -0.15) is 10.1 Å². The Morgan fingerprint density at radius 1 is 1.32 bits per heavy atom. The number of nitrogens with one attached hydrogen (secondary N) is 1. The average Bonchev–Trinajstić information content (AvgIpc) is 3.17. The molecule has 0 aliphatic rings.